The summed E-state index contributed by atoms with van der Waals surface area (Å²) in [4.78, 5) is 18.8. The van der Waals surface area contributed by atoms with Crippen LogP contribution in [0.1, 0.15) is 22.4 Å². The highest BCUT2D eigenvalue weighted by Crippen LogP contribution is 2.25. The molecule has 0 aliphatic carbocycles. The van der Waals surface area contributed by atoms with E-state index in [0.29, 0.717) is 31.3 Å². The molecular formula is C16H15BrN6O2. The molecule has 128 valence electrons. The first-order valence-corrected chi connectivity index (χ1v) is 8.57. The van der Waals surface area contributed by atoms with E-state index < -0.39 is 0 Å². The molecule has 2 aromatic heterocycles. The molecule has 1 aliphatic rings. The molecule has 2 N–H and O–H groups in total. The lowest BCUT2D eigenvalue weighted by atomic mass is 10.1. The molecule has 0 unspecified atom stereocenters. The topological polar surface area (TPSA) is 99.8 Å². The second-order valence-electron chi connectivity index (χ2n) is 5.63. The summed E-state index contributed by atoms with van der Waals surface area (Å²) < 4.78 is 6.49. The number of rotatable bonds is 3. The number of halogens is 1. The maximum absolute atomic E-state index is 12.9. The Morgan fingerprint density at radius 3 is 2.88 bits per heavy atom. The van der Waals surface area contributed by atoms with Gasteiger partial charge in [0.15, 0.2) is 0 Å². The second kappa shape index (κ2) is 6.77. The Kier molecular flexibility index (Phi) is 4.33. The zero-order valence-electron chi connectivity index (χ0n) is 13.1. The van der Waals surface area contributed by atoms with Gasteiger partial charge in [-0.25, -0.2) is 4.98 Å². The lowest BCUT2D eigenvalue weighted by Crippen LogP contribution is -2.44. The van der Waals surface area contributed by atoms with Crippen molar-refractivity contribution >= 4 is 21.8 Å². The quantitative estimate of drug-likeness (QED) is 0.698. The fourth-order valence-corrected chi connectivity index (χ4v) is 3.07. The van der Waals surface area contributed by atoms with Crippen LogP contribution in [0, 0.1) is 0 Å². The number of aromatic amines is 2. The molecule has 25 heavy (non-hydrogen) atoms. The standard InChI is InChI=1S/C16H15BrN6O2/c17-11-3-1-10(2-4-11)12-7-13(21-20-12)16(24)23-5-6-25-8-14(23)15-18-9-19-22-15/h1-4,7,9,14H,5-6,8H2,(H,20,21)(H,18,19,22)/t14-/m1/s1. The summed E-state index contributed by atoms with van der Waals surface area (Å²) in [6.07, 6.45) is 1.43. The zero-order valence-corrected chi connectivity index (χ0v) is 14.7. The van der Waals surface area contributed by atoms with Crippen molar-refractivity contribution in [2.75, 3.05) is 19.8 Å². The maximum Gasteiger partial charge on any atom is 0.272 e. The van der Waals surface area contributed by atoms with Crippen LogP contribution in [0.15, 0.2) is 41.1 Å². The maximum atomic E-state index is 12.9. The number of carbonyl (C=O) groups excluding carboxylic acids is 1. The van der Waals surface area contributed by atoms with Gasteiger partial charge in [0.2, 0.25) is 0 Å². The molecule has 1 aliphatic heterocycles. The first-order valence-electron chi connectivity index (χ1n) is 7.77. The number of hydrogen-bond donors (Lipinski definition) is 2. The fraction of sp³-hybridized carbons (Fsp3) is 0.250. The van der Waals surface area contributed by atoms with Gasteiger partial charge in [-0.15, -0.1) is 0 Å². The van der Waals surface area contributed by atoms with E-state index in [-0.39, 0.29) is 11.9 Å². The van der Waals surface area contributed by atoms with E-state index in [1.54, 1.807) is 11.0 Å². The molecule has 1 atom stereocenters. The molecule has 0 radical (unpaired) electrons. The summed E-state index contributed by atoms with van der Waals surface area (Å²) in [6.45, 7) is 1.36. The highest BCUT2D eigenvalue weighted by molar-refractivity contribution is 9.10. The third-order valence-corrected chi connectivity index (χ3v) is 4.62. The Hall–Kier alpha value is -2.52. The van der Waals surface area contributed by atoms with Crippen molar-refractivity contribution in [3.8, 4) is 11.3 Å². The molecule has 1 aromatic carbocycles. The van der Waals surface area contributed by atoms with E-state index in [0.717, 1.165) is 15.7 Å². The smallest absolute Gasteiger partial charge is 0.272 e. The Balaban J connectivity index is 1.58. The molecule has 0 saturated carbocycles. The predicted octanol–water partition coefficient (Wildman–Crippen LogP) is 2.17. The van der Waals surface area contributed by atoms with Crippen molar-refractivity contribution in [2.45, 2.75) is 6.04 Å². The summed E-state index contributed by atoms with van der Waals surface area (Å²) in [5, 5.41) is 13.8. The van der Waals surface area contributed by atoms with Gasteiger partial charge in [0.1, 0.15) is 23.9 Å². The first kappa shape index (κ1) is 16.0. The van der Waals surface area contributed by atoms with E-state index in [1.807, 2.05) is 24.3 Å². The van der Waals surface area contributed by atoms with Crippen LogP contribution in [0.5, 0.6) is 0 Å². The lowest BCUT2D eigenvalue weighted by Gasteiger charge is -2.33. The number of hydrogen-bond acceptors (Lipinski definition) is 5. The van der Waals surface area contributed by atoms with Crippen LogP contribution >= 0.6 is 15.9 Å². The summed E-state index contributed by atoms with van der Waals surface area (Å²) in [5.41, 5.74) is 2.09. The lowest BCUT2D eigenvalue weighted by molar-refractivity contribution is -0.00542. The molecule has 0 spiro atoms. The van der Waals surface area contributed by atoms with Gasteiger partial charge in [-0.3, -0.25) is 15.0 Å². The molecule has 3 aromatic rings. The van der Waals surface area contributed by atoms with Gasteiger partial charge in [-0.1, -0.05) is 28.1 Å². The van der Waals surface area contributed by atoms with Crippen LogP contribution in [-0.2, 0) is 4.74 Å². The number of aromatic nitrogens is 5. The third-order valence-electron chi connectivity index (χ3n) is 4.09. The summed E-state index contributed by atoms with van der Waals surface area (Å²) in [7, 11) is 0. The highest BCUT2D eigenvalue weighted by Gasteiger charge is 2.32. The van der Waals surface area contributed by atoms with E-state index in [2.05, 4.69) is 41.3 Å². The minimum absolute atomic E-state index is 0.138. The van der Waals surface area contributed by atoms with Crippen LogP contribution in [0.2, 0.25) is 0 Å². The Bertz CT molecular complexity index is 861. The summed E-state index contributed by atoms with van der Waals surface area (Å²) in [5.74, 6) is 0.473. The highest BCUT2D eigenvalue weighted by atomic mass is 79.9. The summed E-state index contributed by atoms with van der Waals surface area (Å²) in [6, 6.07) is 9.24. The average molecular weight is 403 g/mol. The second-order valence-corrected chi connectivity index (χ2v) is 6.55. The Morgan fingerprint density at radius 2 is 2.12 bits per heavy atom. The molecule has 8 nitrogen and oxygen atoms in total. The molecule has 3 heterocycles. The number of benzene rings is 1. The number of amides is 1. The zero-order chi connectivity index (χ0) is 17.2. The van der Waals surface area contributed by atoms with Gasteiger partial charge < -0.3 is 9.64 Å². The molecule has 1 saturated heterocycles. The fourth-order valence-electron chi connectivity index (χ4n) is 2.80. The van der Waals surface area contributed by atoms with Crippen molar-refractivity contribution in [3.05, 3.63) is 52.7 Å². The van der Waals surface area contributed by atoms with Gasteiger partial charge in [0.25, 0.3) is 5.91 Å². The molecule has 1 amide bonds. The van der Waals surface area contributed by atoms with Gasteiger partial charge >= 0.3 is 0 Å². The molecule has 4 rings (SSSR count). The van der Waals surface area contributed by atoms with Gasteiger partial charge in [0.05, 0.1) is 18.9 Å². The van der Waals surface area contributed by atoms with Crippen LogP contribution in [0.4, 0.5) is 0 Å². The number of nitrogens with zero attached hydrogens (tertiary/aromatic N) is 4. The molecule has 1 fully saturated rings. The van der Waals surface area contributed by atoms with Gasteiger partial charge in [0, 0.05) is 16.6 Å². The SMILES string of the molecule is O=C(c1cc(-c2ccc(Br)cc2)n[nH]1)N1CCOC[C@@H]1c1ncn[nH]1. The number of nitrogens with one attached hydrogen (secondary N) is 2. The predicted molar refractivity (Wildman–Crippen MR) is 92.7 cm³/mol. The van der Waals surface area contributed by atoms with Crippen LogP contribution in [0.25, 0.3) is 11.3 Å². The first-order chi connectivity index (χ1) is 12.2. The monoisotopic (exact) mass is 402 g/mol. The number of morpholine rings is 1. The molecule has 9 heteroatoms. The van der Waals surface area contributed by atoms with E-state index in [1.165, 1.54) is 6.33 Å². The van der Waals surface area contributed by atoms with E-state index in [9.17, 15) is 4.79 Å². The van der Waals surface area contributed by atoms with E-state index >= 15 is 0 Å². The third kappa shape index (κ3) is 3.20. The largest absolute Gasteiger partial charge is 0.377 e. The van der Waals surface area contributed by atoms with Crippen molar-refractivity contribution < 1.29 is 9.53 Å². The van der Waals surface area contributed by atoms with Crippen LogP contribution in [-0.4, -0.2) is 55.9 Å². The van der Waals surface area contributed by atoms with Crippen molar-refractivity contribution in [2.24, 2.45) is 0 Å². The van der Waals surface area contributed by atoms with Crippen molar-refractivity contribution in [3.63, 3.8) is 0 Å². The van der Waals surface area contributed by atoms with Crippen molar-refractivity contribution in [1.82, 2.24) is 30.3 Å². The molecular weight excluding hydrogens is 388 g/mol. The van der Waals surface area contributed by atoms with E-state index in [4.69, 9.17) is 4.74 Å². The number of ether oxygens (including phenoxy) is 1. The van der Waals surface area contributed by atoms with Gasteiger partial charge in [-0.2, -0.15) is 10.2 Å². The minimum Gasteiger partial charge on any atom is -0.377 e. The van der Waals surface area contributed by atoms with Crippen LogP contribution < -0.4 is 0 Å². The van der Waals surface area contributed by atoms with Crippen molar-refractivity contribution in [1.29, 1.82) is 0 Å². The number of H-pyrrole nitrogens is 2. The van der Waals surface area contributed by atoms with Gasteiger partial charge in [-0.05, 0) is 18.2 Å². The Labute approximate surface area is 151 Å². The number of carbonyl (C=O) groups is 1. The average Bonchev–Trinajstić information content (AvgIpc) is 3.34. The minimum atomic E-state index is -0.289. The normalized spacial score (nSPS) is 17.6. The van der Waals surface area contributed by atoms with Crippen LogP contribution in [0.3, 0.4) is 0 Å². The Morgan fingerprint density at radius 1 is 1.28 bits per heavy atom. The summed E-state index contributed by atoms with van der Waals surface area (Å²) >= 11 is 3.41. The molecule has 0 bridgehead atoms.